The highest BCUT2D eigenvalue weighted by Crippen LogP contribution is 2.28. The van der Waals surface area contributed by atoms with E-state index in [0.29, 0.717) is 23.4 Å². The number of aromatic carboxylic acids is 1. The van der Waals surface area contributed by atoms with Gasteiger partial charge >= 0.3 is 5.97 Å². The Bertz CT molecular complexity index is 422. The van der Waals surface area contributed by atoms with Crippen LogP contribution >= 0.6 is 0 Å². The van der Waals surface area contributed by atoms with Crippen molar-refractivity contribution in [2.75, 3.05) is 19.6 Å². The maximum absolute atomic E-state index is 10.9. The van der Waals surface area contributed by atoms with Crippen molar-refractivity contribution in [2.45, 2.75) is 25.8 Å². The van der Waals surface area contributed by atoms with Gasteiger partial charge in [-0.05, 0) is 23.6 Å². The number of hydrogen-bond donors (Lipinski definition) is 3. The van der Waals surface area contributed by atoms with Crippen molar-refractivity contribution in [3.8, 4) is 0 Å². The van der Waals surface area contributed by atoms with E-state index in [9.17, 15) is 4.79 Å². The Morgan fingerprint density at radius 3 is 2.42 bits per heavy atom. The third-order valence-corrected chi connectivity index (χ3v) is 3.77. The Hall–Kier alpha value is -1.39. The van der Waals surface area contributed by atoms with Crippen molar-refractivity contribution in [3.63, 3.8) is 0 Å². The molecule has 2 rings (SSSR count). The molecule has 0 aromatic heterocycles. The van der Waals surface area contributed by atoms with Crippen LogP contribution in [-0.2, 0) is 0 Å². The van der Waals surface area contributed by atoms with Crippen molar-refractivity contribution in [1.82, 2.24) is 10.6 Å². The summed E-state index contributed by atoms with van der Waals surface area (Å²) in [6.07, 6.45) is 0. The van der Waals surface area contributed by atoms with Gasteiger partial charge in [-0.15, -0.1) is 0 Å². The molecule has 1 aromatic rings. The summed E-state index contributed by atoms with van der Waals surface area (Å²) in [5, 5.41) is 15.9. The number of piperazine rings is 1. The van der Waals surface area contributed by atoms with Crippen molar-refractivity contribution in [1.29, 1.82) is 0 Å². The minimum Gasteiger partial charge on any atom is -0.478 e. The monoisotopic (exact) mass is 262 g/mol. The summed E-state index contributed by atoms with van der Waals surface area (Å²) in [6.45, 7) is 7.39. The van der Waals surface area contributed by atoms with Crippen LogP contribution in [0.25, 0.3) is 0 Å². The van der Waals surface area contributed by atoms with E-state index in [0.717, 1.165) is 19.6 Å². The van der Waals surface area contributed by atoms with E-state index in [4.69, 9.17) is 5.11 Å². The number of rotatable bonds is 4. The first-order valence-corrected chi connectivity index (χ1v) is 6.87. The van der Waals surface area contributed by atoms with Crippen LogP contribution in [-0.4, -0.2) is 36.8 Å². The zero-order valence-corrected chi connectivity index (χ0v) is 11.5. The van der Waals surface area contributed by atoms with E-state index in [-0.39, 0.29) is 0 Å². The molecule has 4 heteroatoms. The normalized spacial score (nSPS) is 21.3. The number of carboxylic acid groups (broad SMARTS) is 1. The topological polar surface area (TPSA) is 61.4 Å². The number of carbonyl (C=O) groups is 1. The van der Waals surface area contributed by atoms with E-state index < -0.39 is 5.97 Å². The van der Waals surface area contributed by atoms with Gasteiger partial charge in [-0.1, -0.05) is 26.0 Å². The third kappa shape index (κ3) is 3.33. The Kier molecular flexibility index (Phi) is 4.56. The first-order valence-electron chi connectivity index (χ1n) is 6.87. The highest BCUT2D eigenvalue weighted by atomic mass is 16.4. The molecule has 0 bridgehead atoms. The van der Waals surface area contributed by atoms with Gasteiger partial charge in [-0.2, -0.15) is 0 Å². The molecule has 1 heterocycles. The number of benzene rings is 1. The molecule has 0 amide bonds. The molecule has 1 aromatic carbocycles. The summed E-state index contributed by atoms with van der Waals surface area (Å²) in [5.74, 6) is 0.0360. The smallest absolute Gasteiger partial charge is 0.335 e. The molecule has 1 unspecified atom stereocenters. The molecule has 0 radical (unpaired) electrons. The van der Waals surface area contributed by atoms with Gasteiger partial charge in [0, 0.05) is 31.6 Å². The van der Waals surface area contributed by atoms with Crippen LogP contribution in [0.15, 0.2) is 24.3 Å². The number of carboxylic acids is 1. The van der Waals surface area contributed by atoms with Gasteiger partial charge in [0.15, 0.2) is 0 Å². The van der Waals surface area contributed by atoms with Crippen LogP contribution in [0.1, 0.15) is 35.7 Å². The fourth-order valence-electron chi connectivity index (χ4n) is 2.86. The summed E-state index contributed by atoms with van der Waals surface area (Å²) in [5.41, 5.74) is 1.56. The molecule has 0 aliphatic carbocycles. The van der Waals surface area contributed by atoms with E-state index in [1.165, 1.54) is 5.56 Å². The molecule has 0 spiro atoms. The van der Waals surface area contributed by atoms with Crippen molar-refractivity contribution in [2.24, 2.45) is 5.92 Å². The van der Waals surface area contributed by atoms with Crippen molar-refractivity contribution in [3.05, 3.63) is 35.4 Å². The first-order chi connectivity index (χ1) is 9.09. The molecule has 3 N–H and O–H groups in total. The van der Waals surface area contributed by atoms with E-state index >= 15 is 0 Å². The summed E-state index contributed by atoms with van der Waals surface area (Å²) in [7, 11) is 0. The zero-order chi connectivity index (χ0) is 13.8. The molecule has 0 saturated carbocycles. The Labute approximate surface area is 114 Å². The fourth-order valence-corrected chi connectivity index (χ4v) is 2.86. The second-order valence-electron chi connectivity index (χ2n) is 5.46. The van der Waals surface area contributed by atoms with E-state index in [2.05, 4.69) is 24.5 Å². The number of nitrogens with one attached hydrogen (secondary N) is 2. The van der Waals surface area contributed by atoms with Crippen molar-refractivity contribution >= 4 is 5.97 Å². The highest BCUT2D eigenvalue weighted by molar-refractivity contribution is 5.87. The van der Waals surface area contributed by atoms with Crippen LogP contribution in [0.3, 0.4) is 0 Å². The number of hydrogen-bond acceptors (Lipinski definition) is 3. The van der Waals surface area contributed by atoms with Gasteiger partial charge in [-0.3, -0.25) is 0 Å². The summed E-state index contributed by atoms with van der Waals surface area (Å²) >= 11 is 0. The maximum atomic E-state index is 10.9. The molecule has 19 heavy (non-hydrogen) atoms. The molecule has 1 aliphatic heterocycles. The molecule has 1 fully saturated rings. The fraction of sp³-hybridized carbons (Fsp3) is 0.533. The van der Waals surface area contributed by atoms with Crippen LogP contribution in [0, 0.1) is 5.92 Å². The Morgan fingerprint density at radius 1 is 1.26 bits per heavy atom. The molecule has 1 aliphatic rings. The maximum Gasteiger partial charge on any atom is 0.335 e. The quantitative estimate of drug-likeness (QED) is 0.772. The second kappa shape index (κ2) is 6.17. The Balaban J connectivity index is 2.20. The predicted molar refractivity (Wildman–Crippen MR) is 75.6 cm³/mol. The molecule has 104 valence electrons. The van der Waals surface area contributed by atoms with Crippen LogP contribution in [0.5, 0.6) is 0 Å². The van der Waals surface area contributed by atoms with Gasteiger partial charge in [0.1, 0.15) is 0 Å². The lowest BCUT2D eigenvalue weighted by atomic mass is 9.81. The summed E-state index contributed by atoms with van der Waals surface area (Å²) in [4.78, 5) is 10.9. The van der Waals surface area contributed by atoms with Crippen LogP contribution in [0.2, 0.25) is 0 Å². The van der Waals surface area contributed by atoms with Gasteiger partial charge in [-0.25, -0.2) is 4.79 Å². The summed E-state index contributed by atoms with van der Waals surface area (Å²) < 4.78 is 0. The van der Waals surface area contributed by atoms with Gasteiger partial charge < -0.3 is 15.7 Å². The first kappa shape index (κ1) is 14.0. The molecular formula is C15H22N2O2. The second-order valence-corrected chi connectivity index (χ2v) is 5.46. The third-order valence-electron chi connectivity index (χ3n) is 3.77. The predicted octanol–water partition coefficient (Wildman–Crippen LogP) is 1.69. The largest absolute Gasteiger partial charge is 0.478 e. The molecular weight excluding hydrogens is 240 g/mol. The molecule has 4 nitrogen and oxygen atoms in total. The minimum absolute atomic E-state index is 0.348. The van der Waals surface area contributed by atoms with Gasteiger partial charge in [0.25, 0.3) is 0 Å². The lowest BCUT2D eigenvalue weighted by Gasteiger charge is -2.34. The van der Waals surface area contributed by atoms with E-state index in [1.54, 1.807) is 12.1 Å². The van der Waals surface area contributed by atoms with Crippen molar-refractivity contribution < 1.29 is 9.90 Å². The lowest BCUT2D eigenvalue weighted by molar-refractivity contribution is 0.0697. The summed E-state index contributed by atoms with van der Waals surface area (Å²) in [6, 6.07) is 7.70. The average Bonchev–Trinajstić information content (AvgIpc) is 2.40. The van der Waals surface area contributed by atoms with Gasteiger partial charge in [0.2, 0.25) is 0 Å². The Morgan fingerprint density at radius 2 is 1.95 bits per heavy atom. The SMILES string of the molecule is CC(C)[C@H](c1ccc(C(=O)O)cc1)C1CNCCN1. The van der Waals surface area contributed by atoms with Gasteiger partial charge in [0.05, 0.1) is 5.56 Å². The molecule has 2 atom stereocenters. The van der Waals surface area contributed by atoms with Crippen LogP contribution < -0.4 is 10.6 Å². The van der Waals surface area contributed by atoms with Crippen LogP contribution in [0.4, 0.5) is 0 Å². The molecule has 1 saturated heterocycles. The zero-order valence-electron chi connectivity index (χ0n) is 11.5. The lowest BCUT2D eigenvalue weighted by Crippen LogP contribution is -2.52. The standard InChI is InChI=1S/C15H22N2O2/c1-10(2)14(13-9-16-7-8-17-13)11-3-5-12(6-4-11)15(18)19/h3-6,10,13-14,16-17H,7-9H2,1-2H3,(H,18,19)/t13?,14-/m1/s1. The minimum atomic E-state index is -0.870. The average molecular weight is 262 g/mol. The van der Waals surface area contributed by atoms with E-state index in [1.807, 2.05) is 12.1 Å². The highest BCUT2D eigenvalue weighted by Gasteiger charge is 2.27.